The number of carbonyl (C=O) groups is 2. The number of halogens is 2. The number of carbonyl (C=O) groups excluding carboxylic acids is 1. The summed E-state index contributed by atoms with van der Waals surface area (Å²) < 4.78 is 17.0. The van der Waals surface area contributed by atoms with Crippen molar-refractivity contribution in [2.24, 2.45) is 5.92 Å². The second kappa shape index (κ2) is 11.2. The van der Waals surface area contributed by atoms with Crippen LogP contribution in [0.5, 0.6) is 0 Å². The van der Waals surface area contributed by atoms with Gasteiger partial charge in [0.15, 0.2) is 5.82 Å². The van der Waals surface area contributed by atoms with E-state index in [2.05, 4.69) is 4.98 Å². The number of likely N-dealkylation sites (tertiary alicyclic amines) is 1. The number of hydrogen-bond acceptors (Lipinski definition) is 4. The molecule has 38 heavy (non-hydrogen) atoms. The van der Waals surface area contributed by atoms with Crippen LogP contribution < -0.4 is 0 Å². The first kappa shape index (κ1) is 26.3. The van der Waals surface area contributed by atoms with Crippen molar-refractivity contribution < 1.29 is 19.1 Å². The third kappa shape index (κ3) is 5.42. The number of piperidine rings is 1. The number of hydrogen-bond donors (Lipinski definition) is 1. The fourth-order valence-electron chi connectivity index (χ4n) is 5.08. The Morgan fingerprint density at radius 2 is 1.87 bits per heavy atom. The van der Waals surface area contributed by atoms with Gasteiger partial charge in [-0.25, -0.2) is 9.18 Å². The lowest BCUT2D eigenvalue weighted by Gasteiger charge is -2.32. The zero-order valence-electron chi connectivity index (χ0n) is 20.9. The Morgan fingerprint density at radius 1 is 1.13 bits per heavy atom. The Labute approximate surface area is 229 Å². The predicted molar refractivity (Wildman–Crippen MR) is 146 cm³/mol. The summed E-state index contributed by atoms with van der Waals surface area (Å²) in [6.45, 7) is 3.19. The van der Waals surface area contributed by atoms with Gasteiger partial charge >= 0.3 is 5.97 Å². The van der Waals surface area contributed by atoms with E-state index < -0.39 is 11.8 Å². The van der Waals surface area contributed by atoms with Crippen molar-refractivity contribution in [1.82, 2.24) is 14.5 Å². The molecule has 1 saturated heterocycles. The quantitative estimate of drug-likeness (QED) is 0.285. The van der Waals surface area contributed by atoms with E-state index in [1.165, 1.54) is 29.5 Å². The topological polar surface area (TPSA) is 75.4 Å². The third-order valence-electron chi connectivity index (χ3n) is 7.15. The minimum absolute atomic E-state index is 0.00431. The molecule has 6 nitrogen and oxygen atoms in total. The average Bonchev–Trinajstić information content (AvgIpc) is 3.18. The van der Waals surface area contributed by atoms with E-state index in [9.17, 15) is 14.7 Å². The van der Waals surface area contributed by atoms with E-state index in [-0.39, 0.29) is 28.6 Å². The van der Waals surface area contributed by atoms with Gasteiger partial charge in [-0.15, -0.1) is 0 Å². The molecule has 0 bridgehead atoms. The molecule has 1 aliphatic rings. The van der Waals surface area contributed by atoms with Crippen LogP contribution in [0.4, 0.5) is 4.39 Å². The van der Waals surface area contributed by atoms with Crippen LogP contribution in [0, 0.1) is 18.7 Å². The van der Waals surface area contributed by atoms with E-state index in [0.717, 1.165) is 29.9 Å². The largest absolute Gasteiger partial charge is 0.478 e. The third-order valence-corrected chi connectivity index (χ3v) is 8.65. The van der Waals surface area contributed by atoms with E-state index in [0.29, 0.717) is 29.3 Å². The maximum atomic E-state index is 15.3. The van der Waals surface area contributed by atoms with Gasteiger partial charge in [0.1, 0.15) is 6.54 Å². The number of carboxylic acid groups (broad SMARTS) is 1. The number of fused-ring (bicyclic) bond motifs is 1. The fourth-order valence-corrected chi connectivity index (χ4v) is 6.34. The maximum Gasteiger partial charge on any atom is 0.335 e. The summed E-state index contributed by atoms with van der Waals surface area (Å²) in [4.78, 5) is 32.2. The molecule has 3 heterocycles. The van der Waals surface area contributed by atoms with Gasteiger partial charge in [-0.1, -0.05) is 29.4 Å². The van der Waals surface area contributed by atoms with Crippen LogP contribution >= 0.6 is 23.4 Å². The second-order valence-corrected chi connectivity index (χ2v) is 11.1. The van der Waals surface area contributed by atoms with E-state index >= 15 is 4.39 Å². The van der Waals surface area contributed by atoms with Crippen LogP contribution in [0.25, 0.3) is 10.9 Å². The Kier molecular flexibility index (Phi) is 7.72. The summed E-state index contributed by atoms with van der Waals surface area (Å²) in [6, 6.07) is 13.9. The summed E-state index contributed by atoms with van der Waals surface area (Å²) in [5.74, 6) is -1.13. The lowest BCUT2D eigenvalue weighted by molar-refractivity contribution is -0.133. The Bertz CT molecular complexity index is 1500. The molecule has 0 spiro atoms. The first-order valence-corrected chi connectivity index (χ1v) is 13.7. The first-order valence-electron chi connectivity index (χ1n) is 12.5. The molecule has 0 atom stereocenters. The molecule has 1 fully saturated rings. The lowest BCUT2D eigenvalue weighted by Crippen LogP contribution is -2.40. The zero-order valence-corrected chi connectivity index (χ0v) is 22.4. The number of aromatic nitrogens is 2. The molecule has 1 aliphatic heterocycles. The van der Waals surface area contributed by atoms with Crippen LogP contribution in [0.3, 0.4) is 0 Å². The molecule has 196 valence electrons. The summed E-state index contributed by atoms with van der Waals surface area (Å²) >= 11 is 7.50. The summed E-state index contributed by atoms with van der Waals surface area (Å²) in [5, 5.41) is 9.99. The SMILES string of the molecule is Cc1c(Sc2cccc(C(=O)O)c2)c2ccc(Cl)c(F)c2n1CC(=O)N1CCC(Cc2ccncc2)CC1. The maximum absolute atomic E-state index is 15.3. The molecule has 5 rings (SSSR count). The Hall–Kier alpha value is -3.36. The number of carboxylic acids is 1. The summed E-state index contributed by atoms with van der Waals surface area (Å²) in [6.07, 6.45) is 6.41. The van der Waals surface area contributed by atoms with Gasteiger partial charge in [0.25, 0.3) is 0 Å². The fraction of sp³-hybridized carbons (Fsp3) is 0.276. The molecule has 2 aromatic heterocycles. The molecule has 1 amide bonds. The molecule has 0 saturated carbocycles. The molecule has 4 aromatic rings. The number of amides is 1. The van der Waals surface area contributed by atoms with Gasteiger partial charge in [0.2, 0.25) is 5.91 Å². The van der Waals surface area contributed by atoms with E-state index in [1.807, 2.05) is 30.0 Å². The number of aromatic carboxylic acids is 1. The van der Waals surface area contributed by atoms with Crippen LogP contribution in [-0.2, 0) is 17.8 Å². The van der Waals surface area contributed by atoms with Crippen molar-refractivity contribution in [3.8, 4) is 0 Å². The Morgan fingerprint density at radius 3 is 2.58 bits per heavy atom. The highest BCUT2D eigenvalue weighted by Gasteiger charge is 2.26. The average molecular weight is 552 g/mol. The highest BCUT2D eigenvalue weighted by Crippen LogP contribution is 2.40. The van der Waals surface area contributed by atoms with Crippen molar-refractivity contribution in [2.45, 2.75) is 42.5 Å². The van der Waals surface area contributed by atoms with Gasteiger partial charge in [0.05, 0.1) is 16.1 Å². The van der Waals surface area contributed by atoms with Gasteiger partial charge < -0.3 is 14.6 Å². The molecule has 1 N–H and O–H groups in total. The molecule has 0 radical (unpaired) electrons. The zero-order chi connectivity index (χ0) is 26.8. The number of benzene rings is 2. The minimum Gasteiger partial charge on any atom is -0.478 e. The van der Waals surface area contributed by atoms with Crippen molar-refractivity contribution in [1.29, 1.82) is 0 Å². The van der Waals surface area contributed by atoms with Crippen LogP contribution in [0.2, 0.25) is 5.02 Å². The highest BCUT2D eigenvalue weighted by molar-refractivity contribution is 7.99. The number of nitrogens with zero attached hydrogens (tertiary/aromatic N) is 3. The standard InChI is InChI=1S/C29H27ClFN3O3S/c1-18-28(38-22-4-2-3-21(16-22)29(36)37)23-5-6-24(30)26(31)27(23)34(18)17-25(35)33-13-9-20(10-14-33)15-19-7-11-32-12-8-19/h2-8,11-12,16,20H,9-10,13-15,17H2,1H3,(H,36,37). The van der Waals surface area contributed by atoms with Gasteiger partial charge in [-0.05, 0) is 80.1 Å². The molecule has 9 heteroatoms. The molecule has 0 unspecified atom stereocenters. The van der Waals surface area contributed by atoms with Gasteiger partial charge in [0, 0.05) is 46.4 Å². The van der Waals surface area contributed by atoms with Crippen molar-refractivity contribution in [2.75, 3.05) is 13.1 Å². The second-order valence-electron chi connectivity index (χ2n) is 9.58. The van der Waals surface area contributed by atoms with E-state index in [1.54, 1.807) is 35.2 Å². The monoisotopic (exact) mass is 551 g/mol. The van der Waals surface area contributed by atoms with Gasteiger partial charge in [-0.3, -0.25) is 9.78 Å². The van der Waals surface area contributed by atoms with Crippen molar-refractivity contribution in [3.63, 3.8) is 0 Å². The number of pyridine rings is 1. The van der Waals surface area contributed by atoms with Crippen LogP contribution in [0.1, 0.15) is 34.5 Å². The van der Waals surface area contributed by atoms with Crippen molar-refractivity contribution >= 4 is 46.1 Å². The van der Waals surface area contributed by atoms with Crippen molar-refractivity contribution in [3.05, 3.63) is 88.6 Å². The molecule has 2 aromatic carbocycles. The minimum atomic E-state index is -1.01. The van der Waals surface area contributed by atoms with Gasteiger partial charge in [-0.2, -0.15) is 0 Å². The van der Waals surface area contributed by atoms with Crippen LogP contribution in [0.15, 0.2) is 70.7 Å². The molecular formula is C29H27ClFN3O3S. The molecular weight excluding hydrogens is 525 g/mol. The molecule has 0 aliphatic carbocycles. The smallest absolute Gasteiger partial charge is 0.335 e. The van der Waals surface area contributed by atoms with E-state index in [4.69, 9.17) is 11.6 Å². The number of rotatable bonds is 7. The Balaban J connectivity index is 1.37. The predicted octanol–water partition coefficient (Wildman–Crippen LogP) is 6.47. The normalized spacial score (nSPS) is 14.2. The summed E-state index contributed by atoms with van der Waals surface area (Å²) in [7, 11) is 0. The van der Waals surface area contributed by atoms with Crippen LogP contribution in [-0.4, -0.2) is 44.5 Å². The highest BCUT2D eigenvalue weighted by atomic mass is 35.5. The lowest BCUT2D eigenvalue weighted by atomic mass is 9.90. The first-order chi connectivity index (χ1) is 18.3. The summed E-state index contributed by atoms with van der Waals surface area (Å²) in [5.41, 5.74) is 2.44.